The van der Waals surface area contributed by atoms with Crippen molar-refractivity contribution in [2.24, 2.45) is 0 Å². The Balaban J connectivity index is 3.22. The number of hydrogen-bond donors (Lipinski definition) is 2. The van der Waals surface area contributed by atoms with Crippen LogP contribution in [0.15, 0.2) is 0 Å². The summed E-state index contributed by atoms with van der Waals surface area (Å²) in [7, 11) is 0. The van der Waals surface area contributed by atoms with Gasteiger partial charge in [0, 0.05) is 0 Å². The normalized spacial score (nSPS) is 11.2. The van der Waals surface area contributed by atoms with E-state index < -0.39 is 24.5 Å². The van der Waals surface area contributed by atoms with Crippen LogP contribution in [-0.4, -0.2) is 36.1 Å². The summed E-state index contributed by atoms with van der Waals surface area (Å²) in [5.74, 6) is 0. The number of hydrogen-bond acceptors (Lipinski definition) is 1. The number of rotatable bonds is 4. The second-order valence-corrected chi connectivity index (χ2v) is 19.9. The number of nitrogens with one attached hydrogen (secondary N) is 1. The molecule has 66 valence electrons. The Kier molecular flexibility index (Phi) is 4.88. The van der Waals surface area contributed by atoms with Crippen LogP contribution >= 0.6 is 0 Å². The molecule has 0 aromatic carbocycles. The molecular formula is C7H17NO2Sn. The van der Waals surface area contributed by atoms with E-state index in [-0.39, 0.29) is 0 Å². The van der Waals surface area contributed by atoms with Gasteiger partial charge in [-0.2, -0.15) is 0 Å². The summed E-state index contributed by atoms with van der Waals surface area (Å²) in [5, 5.41) is 10.6. The van der Waals surface area contributed by atoms with Gasteiger partial charge in [-0.3, -0.25) is 0 Å². The Hall–Kier alpha value is 0.0687. The van der Waals surface area contributed by atoms with Crippen LogP contribution in [0.1, 0.15) is 6.42 Å². The van der Waals surface area contributed by atoms with Crippen LogP contribution in [0, 0.1) is 0 Å². The summed E-state index contributed by atoms with van der Waals surface area (Å²) in [6.45, 7) is 0.615. The number of carbonyl (C=O) groups is 1. The minimum absolute atomic E-state index is 0.615. The molecule has 0 rings (SSSR count). The van der Waals surface area contributed by atoms with Gasteiger partial charge in [-0.15, -0.1) is 0 Å². The molecule has 0 bridgehead atoms. The van der Waals surface area contributed by atoms with Crippen LogP contribution in [0.5, 0.6) is 0 Å². The third-order valence-electron chi connectivity index (χ3n) is 1.38. The van der Waals surface area contributed by atoms with E-state index in [1.54, 1.807) is 0 Å². The summed E-state index contributed by atoms with van der Waals surface area (Å²) in [4.78, 5) is 17.1. The van der Waals surface area contributed by atoms with Gasteiger partial charge in [-0.05, 0) is 0 Å². The van der Waals surface area contributed by atoms with E-state index in [2.05, 4.69) is 20.1 Å². The average molecular weight is 266 g/mol. The van der Waals surface area contributed by atoms with Gasteiger partial charge in [0.05, 0.1) is 0 Å². The molecule has 0 saturated heterocycles. The summed E-state index contributed by atoms with van der Waals surface area (Å²) < 4.78 is 1.26. The van der Waals surface area contributed by atoms with Crippen molar-refractivity contribution in [3.05, 3.63) is 0 Å². The van der Waals surface area contributed by atoms with Crippen molar-refractivity contribution in [1.29, 1.82) is 0 Å². The second-order valence-electron chi connectivity index (χ2n) is 3.90. The number of amides is 1. The molecule has 11 heavy (non-hydrogen) atoms. The fourth-order valence-corrected chi connectivity index (χ4v) is 4.35. The zero-order chi connectivity index (χ0) is 8.91. The first kappa shape index (κ1) is 11.1. The second kappa shape index (κ2) is 4.85. The van der Waals surface area contributed by atoms with Crippen molar-refractivity contribution >= 4 is 24.5 Å². The molecule has 0 spiro atoms. The molecule has 0 aromatic rings. The first-order valence-corrected chi connectivity index (χ1v) is 14.5. The topological polar surface area (TPSA) is 49.3 Å². The van der Waals surface area contributed by atoms with E-state index >= 15 is 0 Å². The predicted octanol–water partition coefficient (Wildman–Crippen LogP) is 1.98. The molecule has 0 unspecified atom stereocenters. The van der Waals surface area contributed by atoms with Gasteiger partial charge in [-0.25, -0.2) is 0 Å². The van der Waals surface area contributed by atoms with E-state index in [1.165, 1.54) is 4.44 Å². The van der Waals surface area contributed by atoms with Gasteiger partial charge in [0.2, 0.25) is 0 Å². The maximum atomic E-state index is 10.0. The quantitative estimate of drug-likeness (QED) is 0.603. The standard InChI is InChI=1S/C4H8NO2.3CH3.Sn/c1-2-3-5-4(6)7;;;;/h5H,1-3H2,(H,6,7);3*1H3;. The molecule has 0 aliphatic heterocycles. The third-order valence-corrected chi connectivity index (χ3v) is 6.67. The molecule has 4 heteroatoms. The van der Waals surface area contributed by atoms with Gasteiger partial charge < -0.3 is 0 Å². The summed E-state index contributed by atoms with van der Waals surface area (Å²) in [6, 6.07) is 0. The molecule has 2 N–H and O–H groups in total. The molecule has 0 radical (unpaired) electrons. The van der Waals surface area contributed by atoms with Crippen molar-refractivity contribution < 1.29 is 9.90 Å². The monoisotopic (exact) mass is 267 g/mol. The van der Waals surface area contributed by atoms with Gasteiger partial charge in [-0.1, -0.05) is 0 Å². The fraction of sp³-hybridized carbons (Fsp3) is 0.857. The van der Waals surface area contributed by atoms with Crippen molar-refractivity contribution in [3.8, 4) is 0 Å². The van der Waals surface area contributed by atoms with Gasteiger partial charge in [0.1, 0.15) is 0 Å². The van der Waals surface area contributed by atoms with Crippen LogP contribution in [0.4, 0.5) is 4.79 Å². The maximum absolute atomic E-state index is 10.0. The van der Waals surface area contributed by atoms with E-state index in [4.69, 9.17) is 5.11 Å². The molecule has 3 nitrogen and oxygen atoms in total. The van der Waals surface area contributed by atoms with E-state index in [0.717, 1.165) is 6.42 Å². The molecule has 0 heterocycles. The van der Waals surface area contributed by atoms with Crippen LogP contribution in [0.25, 0.3) is 0 Å². The number of carboxylic acid groups (broad SMARTS) is 1. The minimum atomic E-state index is -1.61. The molecule has 0 aromatic heterocycles. The van der Waals surface area contributed by atoms with E-state index in [1.807, 2.05) is 0 Å². The molecule has 0 saturated carbocycles. The first-order valence-electron chi connectivity index (χ1n) is 3.88. The van der Waals surface area contributed by atoms with Crippen molar-refractivity contribution in [2.75, 3.05) is 6.54 Å². The summed E-state index contributed by atoms with van der Waals surface area (Å²) in [6.07, 6.45) is 0.0976. The van der Waals surface area contributed by atoms with Gasteiger partial charge >= 0.3 is 71.9 Å². The van der Waals surface area contributed by atoms with E-state index in [0.29, 0.717) is 6.54 Å². The SMILES string of the molecule is [CH3][Sn]([CH3])([CH3])[CH2]CCNC(=O)O. The first-order chi connectivity index (χ1) is 4.92. The Morgan fingerprint density at radius 3 is 2.36 bits per heavy atom. The van der Waals surface area contributed by atoms with Crippen molar-refractivity contribution in [3.63, 3.8) is 0 Å². The van der Waals surface area contributed by atoms with Crippen LogP contribution < -0.4 is 5.32 Å². The van der Waals surface area contributed by atoms with Crippen molar-refractivity contribution in [2.45, 2.75) is 25.7 Å². The van der Waals surface area contributed by atoms with Gasteiger partial charge in [0.25, 0.3) is 0 Å². The zero-order valence-corrected chi connectivity index (χ0v) is 10.3. The summed E-state index contributed by atoms with van der Waals surface area (Å²) in [5.41, 5.74) is 0. The molecule has 0 aliphatic rings. The van der Waals surface area contributed by atoms with Crippen molar-refractivity contribution in [1.82, 2.24) is 5.32 Å². The molecule has 0 aliphatic carbocycles. The summed E-state index contributed by atoms with van der Waals surface area (Å²) >= 11 is -1.61. The van der Waals surface area contributed by atoms with Gasteiger partial charge in [0.15, 0.2) is 0 Å². The Bertz CT molecular complexity index is 131. The molecule has 0 atom stereocenters. The molecule has 0 fully saturated rings. The molecule has 1 amide bonds. The zero-order valence-electron chi connectivity index (χ0n) is 7.48. The van der Waals surface area contributed by atoms with E-state index in [9.17, 15) is 4.79 Å². The van der Waals surface area contributed by atoms with Crippen LogP contribution in [0.2, 0.25) is 19.3 Å². The Morgan fingerprint density at radius 2 is 2.00 bits per heavy atom. The Morgan fingerprint density at radius 1 is 1.45 bits per heavy atom. The molecular weight excluding hydrogens is 249 g/mol. The Labute approximate surface area is 72.1 Å². The predicted molar refractivity (Wildman–Crippen MR) is 48.8 cm³/mol. The average Bonchev–Trinajstić information content (AvgIpc) is 1.78. The van der Waals surface area contributed by atoms with Crippen LogP contribution in [-0.2, 0) is 0 Å². The van der Waals surface area contributed by atoms with Crippen LogP contribution in [0.3, 0.4) is 0 Å². The fourth-order valence-electron chi connectivity index (χ4n) is 0.814. The third kappa shape index (κ3) is 10.1.